The molecule has 2 nitrogen and oxygen atoms in total. The van der Waals surface area contributed by atoms with Gasteiger partial charge in [-0.3, -0.25) is 0 Å². The van der Waals surface area contributed by atoms with Crippen LogP contribution in [0.4, 0.5) is 0 Å². The van der Waals surface area contributed by atoms with Crippen molar-refractivity contribution in [1.29, 1.82) is 0 Å². The van der Waals surface area contributed by atoms with Crippen LogP contribution in [0.5, 0.6) is 5.75 Å². The lowest BCUT2D eigenvalue weighted by Gasteiger charge is -2.16. The minimum atomic E-state index is 0.153. The molecule has 0 bridgehead atoms. The molecule has 0 amide bonds. The van der Waals surface area contributed by atoms with E-state index in [9.17, 15) is 0 Å². The molecule has 16 heavy (non-hydrogen) atoms. The Morgan fingerprint density at radius 2 is 2.31 bits per heavy atom. The number of rotatable bonds is 2. The first kappa shape index (κ1) is 11.8. The van der Waals surface area contributed by atoms with Gasteiger partial charge in [0.05, 0.1) is 6.61 Å². The molecule has 0 spiro atoms. The Morgan fingerprint density at radius 1 is 1.50 bits per heavy atom. The van der Waals surface area contributed by atoms with Crippen LogP contribution >= 0.6 is 11.8 Å². The molecule has 1 aromatic carbocycles. The number of nitrogens with two attached hydrogens (primary N) is 1. The van der Waals surface area contributed by atoms with Crippen LogP contribution in [0.25, 0.3) is 0 Å². The van der Waals surface area contributed by atoms with Gasteiger partial charge in [0.15, 0.2) is 0 Å². The average Bonchev–Trinajstić information content (AvgIpc) is 2.40. The number of hydrogen-bond acceptors (Lipinski definition) is 3. The standard InChI is InChI=1S/C13H19NOS/c1-3-15-13-6-4-5-10-11(13)8-16-9(2)7-12(10)14/h4-6,9,12H,3,7-8,14H2,1-2H3/t9?,12-/m0/s1. The van der Waals surface area contributed by atoms with E-state index in [4.69, 9.17) is 10.5 Å². The molecule has 1 heterocycles. The van der Waals surface area contributed by atoms with Gasteiger partial charge in [0.1, 0.15) is 5.75 Å². The van der Waals surface area contributed by atoms with Gasteiger partial charge in [-0.25, -0.2) is 0 Å². The van der Waals surface area contributed by atoms with Gasteiger partial charge in [0, 0.05) is 22.6 Å². The molecule has 2 atom stereocenters. The third kappa shape index (κ3) is 2.36. The van der Waals surface area contributed by atoms with Crippen LogP contribution in [0.3, 0.4) is 0 Å². The SMILES string of the molecule is CCOc1cccc2c1CSC(C)C[C@@H]2N. The lowest BCUT2D eigenvalue weighted by Crippen LogP contribution is -2.14. The third-order valence-corrected chi connectivity index (χ3v) is 4.18. The molecule has 1 aromatic rings. The first-order valence-electron chi connectivity index (χ1n) is 5.84. The molecule has 2 rings (SSSR count). The second-order valence-electron chi connectivity index (χ2n) is 4.22. The van der Waals surface area contributed by atoms with Crippen molar-refractivity contribution >= 4 is 11.8 Å². The molecule has 0 saturated heterocycles. The Balaban J connectivity index is 2.37. The molecule has 0 aliphatic carbocycles. The smallest absolute Gasteiger partial charge is 0.123 e. The maximum absolute atomic E-state index is 6.23. The molecule has 0 radical (unpaired) electrons. The summed E-state index contributed by atoms with van der Waals surface area (Å²) in [7, 11) is 0. The molecule has 0 aromatic heterocycles. The molecule has 1 aliphatic heterocycles. The van der Waals surface area contributed by atoms with Crippen LogP contribution < -0.4 is 10.5 Å². The summed E-state index contributed by atoms with van der Waals surface area (Å²) in [4.78, 5) is 0. The van der Waals surface area contributed by atoms with Crippen molar-refractivity contribution < 1.29 is 4.74 Å². The Kier molecular flexibility index (Phi) is 3.77. The summed E-state index contributed by atoms with van der Waals surface area (Å²) in [6.45, 7) is 4.98. The normalized spacial score (nSPS) is 24.7. The van der Waals surface area contributed by atoms with Crippen molar-refractivity contribution in [1.82, 2.24) is 0 Å². The first-order chi connectivity index (χ1) is 7.72. The fraction of sp³-hybridized carbons (Fsp3) is 0.538. The van der Waals surface area contributed by atoms with Crippen molar-refractivity contribution in [2.45, 2.75) is 37.3 Å². The predicted octanol–water partition coefficient (Wildman–Crippen LogP) is 3.11. The summed E-state index contributed by atoms with van der Waals surface area (Å²) >= 11 is 1.97. The topological polar surface area (TPSA) is 35.2 Å². The second kappa shape index (κ2) is 5.11. The predicted molar refractivity (Wildman–Crippen MR) is 69.9 cm³/mol. The maximum atomic E-state index is 6.23. The fourth-order valence-electron chi connectivity index (χ4n) is 2.15. The van der Waals surface area contributed by atoms with E-state index in [1.54, 1.807) is 0 Å². The average molecular weight is 237 g/mol. The zero-order chi connectivity index (χ0) is 11.5. The number of thioether (sulfide) groups is 1. The van der Waals surface area contributed by atoms with Crippen molar-refractivity contribution in [3.63, 3.8) is 0 Å². The van der Waals surface area contributed by atoms with Gasteiger partial charge in [-0.15, -0.1) is 0 Å². The summed E-state index contributed by atoms with van der Waals surface area (Å²) in [5.74, 6) is 2.03. The Morgan fingerprint density at radius 3 is 3.06 bits per heavy atom. The molecule has 0 fully saturated rings. The molecule has 0 saturated carbocycles. The van der Waals surface area contributed by atoms with Gasteiger partial charge in [-0.2, -0.15) is 11.8 Å². The van der Waals surface area contributed by atoms with E-state index in [0.717, 1.165) is 17.9 Å². The molecule has 1 aliphatic rings. The number of ether oxygens (including phenoxy) is 1. The Labute approximate surface area is 102 Å². The van der Waals surface area contributed by atoms with Gasteiger partial charge >= 0.3 is 0 Å². The molecule has 3 heteroatoms. The molecule has 2 N–H and O–H groups in total. The summed E-state index contributed by atoms with van der Waals surface area (Å²) in [6, 6.07) is 6.39. The highest BCUT2D eigenvalue weighted by atomic mass is 32.2. The van der Waals surface area contributed by atoms with Crippen molar-refractivity contribution in [2.24, 2.45) is 5.73 Å². The number of fused-ring (bicyclic) bond motifs is 1. The van der Waals surface area contributed by atoms with Crippen LogP contribution in [0.2, 0.25) is 0 Å². The van der Waals surface area contributed by atoms with E-state index < -0.39 is 0 Å². The zero-order valence-corrected chi connectivity index (χ0v) is 10.7. The van der Waals surface area contributed by atoms with Crippen LogP contribution in [-0.2, 0) is 5.75 Å². The largest absolute Gasteiger partial charge is 0.494 e. The summed E-state index contributed by atoms with van der Waals surface area (Å²) in [5, 5.41) is 0.622. The van der Waals surface area contributed by atoms with Crippen molar-refractivity contribution in [3.8, 4) is 5.75 Å². The van der Waals surface area contributed by atoms with Gasteiger partial charge < -0.3 is 10.5 Å². The minimum Gasteiger partial charge on any atom is -0.494 e. The molecule has 88 valence electrons. The van der Waals surface area contributed by atoms with E-state index >= 15 is 0 Å². The highest BCUT2D eigenvalue weighted by molar-refractivity contribution is 7.99. The van der Waals surface area contributed by atoms with Gasteiger partial charge in [-0.1, -0.05) is 19.1 Å². The fourth-order valence-corrected chi connectivity index (χ4v) is 3.26. The Hall–Kier alpha value is -0.670. The molecular weight excluding hydrogens is 218 g/mol. The summed E-state index contributed by atoms with van der Waals surface area (Å²) in [6.07, 6.45) is 1.05. The van der Waals surface area contributed by atoms with Gasteiger partial charge in [-0.05, 0) is 25.0 Å². The van der Waals surface area contributed by atoms with E-state index in [0.29, 0.717) is 11.9 Å². The van der Waals surface area contributed by atoms with E-state index in [1.807, 2.05) is 30.8 Å². The first-order valence-corrected chi connectivity index (χ1v) is 6.89. The highest BCUT2D eigenvalue weighted by Gasteiger charge is 2.22. The van der Waals surface area contributed by atoms with Crippen molar-refractivity contribution in [3.05, 3.63) is 29.3 Å². The monoisotopic (exact) mass is 237 g/mol. The van der Waals surface area contributed by atoms with E-state index in [1.165, 1.54) is 11.1 Å². The quantitative estimate of drug-likeness (QED) is 0.858. The van der Waals surface area contributed by atoms with Crippen LogP contribution in [0, 0.1) is 0 Å². The van der Waals surface area contributed by atoms with Gasteiger partial charge in [0.25, 0.3) is 0 Å². The van der Waals surface area contributed by atoms with E-state index in [2.05, 4.69) is 13.0 Å². The Bertz CT molecular complexity index is 367. The maximum Gasteiger partial charge on any atom is 0.123 e. The summed E-state index contributed by atoms with van der Waals surface area (Å²) < 4.78 is 5.67. The zero-order valence-electron chi connectivity index (χ0n) is 9.90. The molecular formula is C13H19NOS. The number of hydrogen-bond donors (Lipinski definition) is 1. The second-order valence-corrected chi connectivity index (χ2v) is 5.65. The van der Waals surface area contributed by atoms with Crippen LogP contribution in [0.15, 0.2) is 18.2 Å². The van der Waals surface area contributed by atoms with E-state index in [-0.39, 0.29) is 6.04 Å². The van der Waals surface area contributed by atoms with Crippen LogP contribution in [0.1, 0.15) is 37.4 Å². The number of benzene rings is 1. The highest BCUT2D eigenvalue weighted by Crippen LogP contribution is 2.37. The van der Waals surface area contributed by atoms with Crippen molar-refractivity contribution in [2.75, 3.05) is 6.61 Å². The third-order valence-electron chi connectivity index (χ3n) is 2.97. The van der Waals surface area contributed by atoms with Gasteiger partial charge in [0.2, 0.25) is 0 Å². The lowest BCUT2D eigenvalue weighted by molar-refractivity contribution is 0.337. The van der Waals surface area contributed by atoms with Crippen LogP contribution in [-0.4, -0.2) is 11.9 Å². The molecule has 1 unspecified atom stereocenters. The lowest BCUT2D eigenvalue weighted by atomic mass is 9.98. The minimum absolute atomic E-state index is 0.153. The summed E-state index contributed by atoms with van der Waals surface area (Å²) in [5.41, 5.74) is 8.80.